The average molecular weight is 472 g/mol. The molecule has 0 spiro atoms. The zero-order valence-corrected chi connectivity index (χ0v) is 19.7. The molecule has 4 aromatic rings. The zero-order chi connectivity index (χ0) is 24.4. The van der Waals surface area contributed by atoms with Gasteiger partial charge in [-0.3, -0.25) is 9.36 Å². The monoisotopic (exact) mass is 471 g/mol. The highest BCUT2D eigenvalue weighted by Gasteiger charge is 2.32. The third-order valence-corrected chi connectivity index (χ3v) is 6.23. The van der Waals surface area contributed by atoms with E-state index in [0.717, 1.165) is 36.2 Å². The van der Waals surface area contributed by atoms with Gasteiger partial charge in [-0.25, -0.2) is 14.4 Å². The molecule has 8 nitrogen and oxygen atoms in total. The second-order valence-corrected chi connectivity index (χ2v) is 8.80. The van der Waals surface area contributed by atoms with Gasteiger partial charge in [0, 0.05) is 43.7 Å². The van der Waals surface area contributed by atoms with Crippen LogP contribution >= 0.6 is 0 Å². The molecule has 1 aliphatic rings. The van der Waals surface area contributed by atoms with Gasteiger partial charge in [-0.2, -0.15) is 0 Å². The molecule has 1 fully saturated rings. The summed E-state index contributed by atoms with van der Waals surface area (Å²) in [5, 5.41) is 7.71. The molecule has 0 bridgehead atoms. The van der Waals surface area contributed by atoms with E-state index in [1.165, 1.54) is 12.1 Å². The quantitative estimate of drug-likeness (QED) is 0.432. The lowest BCUT2D eigenvalue weighted by Crippen LogP contribution is -2.39. The first-order chi connectivity index (χ1) is 17.0. The van der Waals surface area contributed by atoms with Crippen LogP contribution in [0, 0.1) is 5.82 Å². The van der Waals surface area contributed by atoms with Crippen molar-refractivity contribution in [2.24, 2.45) is 0 Å². The van der Waals surface area contributed by atoms with Gasteiger partial charge in [-0.15, -0.1) is 10.2 Å². The smallest absolute Gasteiger partial charge is 0.254 e. The molecule has 1 aliphatic heterocycles. The number of likely N-dealkylation sites (tertiary alicyclic amines) is 1. The highest BCUT2D eigenvalue weighted by molar-refractivity contribution is 5.95. The molecule has 2 aromatic carbocycles. The third-order valence-electron chi connectivity index (χ3n) is 6.23. The second-order valence-electron chi connectivity index (χ2n) is 8.80. The number of carbonyl (C=O) groups is 1. The maximum Gasteiger partial charge on any atom is 0.254 e. The van der Waals surface area contributed by atoms with Crippen LogP contribution in [0.2, 0.25) is 0 Å². The minimum absolute atomic E-state index is 0.0696. The van der Waals surface area contributed by atoms with Crippen LogP contribution in [0.5, 0.6) is 0 Å². The Morgan fingerprint density at radius 2 is 1.86 bits per heavy atom. The molecule has 1 atom stereocenters. The highest BCUT2D eigenvalue weighted by atomic mass is 19.1. The fourth-order valence-electron chi connectivity index (χ4n) is 4.49. The van der Waals surface area contributed by atoms with Crippen LogP contribution in [0.3, 0.4) is 0 Å². The Morgan fingerprint density at radius 1 is 1.06 bits per heavy atom. The topological polar surface area (TPSA) is 80.0 Å². The molecule has 0 aliphatic carbocycles. The fourth-order valence-corrected chi connectivity index (χ4v) is 4.49. The summed E-state index contributed by atoms with van der Waals surface area (Å²) in [6.45, 7) is 0.615. The Kier molecular flexibility index (Phi) is 6.22. The van der Waals surface area contributed by atoms with Crippen LogP contribution in [-0.2, 0) is 0 Å². The average Bonchev–Trinajstić information content (AvgIpc) is 3.43. The lowest BCUT2D eigenvalue weighted by Gasteiger charge is -2.36. The predicted octanol–water partition coefficient (Wildman–Crippen LogP) is 4.30. The normalized spacial score (nSPS) is 15.7. The Morgan fingerprint density at radius 3 is 2.63 bits per heavy atom. The van der Waals surface area contributed by atoms with E-state index in [1.54, 1.807) is 29.5 Å². The number of halogens is 1. The largest absolute Gasteiger partial charge is 0.347 e. The second kappa shape index (κ2) is 9.61. The molecule has 3 heterocycles. The van der Waals surface area contributed by atoms with Crippen LogP contribution in [0.25, 0.3) is 16.8 Å². The van der Waals surface area contributed by atoms with E-state index in [1.807, 2.05) is 54.2 Å². The first-order valence-electron chi connectivity index (χ1n) is 11.6. The van der Waals surface area contributed by atoms with Crippen molar-refractivity contribution in [1.82, 2.24) is 29.6 Å². The summed E-state index contributed by atoms with van der Waals surface area (Å²) in [5.41, 5.74) is 3.55. The molecule has 0 unspecified atom stereocenters. The molecule has 9 heteroatoms. The maximum absolute atomic E-state index is 14.1. The Balaban J connectivity index is 1.56. The SMILES string of the molecule is CN(C)c1ncc(-c2cccc(F)c2)c([C@H]2CCCCN2C(=O)c2cccc(-n3cnnc3)c2)n1. The van der Waals surface area contributed by atoms with Crippen molar-refractivity contribution in [2.45, 2.75) is 25.3 Å². The van der Waals surface area contributed by atoms with Gasteiger partial charge < -0.3 is 9.80 Å². The van der Waals surface area contributed by atoms with Gasteiger partial charge in [0.25, 0.3) is 5.91 Å². The van der Waals surface area contributed by atoms with E-state index >= 15 is 0 Å². The van der Waals surface area contributed by atoms with Crippen LogP contribution in [0.15, 0.2) is 67.4 Å². The van der Waals surface area contributed by atoms with E-state index in [9.17, 15) is 9.18 Å². The van der Waals surface area contributed by atoms with Crippen LogP contribution in [-0.4, -0.2) is 56.2 Å². The molecule has 0 saturated carbocycles. The molecule has 178 valence electrons. The van der Waals surface area contributed by atoms with E-state index in [2.05, 4.69) is 15.2 Å². The molecular formula is C26H26FN7O. The lowest BCUT2D eigenvalue weighted by atomic mass is 9.93. The zero-order valence-electron chi connectivity index (χ0n) is 19.7. The number of hydrogen-bond acceptors (Lipinski definition) is 6. The Bertz CT molecular complexity index is 1340. The number of anilines is 1. The van der Waals surface area contributed by atoms with Crippen molar-refractivity contribution in [3.63, 3.8) is 0 Å². The van der Waals surface area contributed by atoms with Crippen molar-refractivity contribution in [2.75, 3.05) is 25.5 Å². The summed E-state index contributed by atoms with van der Waals surface area (Å²) in [4.78, 5) is 26.9. The van der Waals surface area contributed by atoms with Crippen molar-refractivity contribution < 1.29 is 9.18 Å². The molecule has 0 radical (unpaired) electrons. The highest BCUT2D eigenvalue weighted by Crippen LogP contribution is 2.37. The minimum atomic E-state index is -0.326. The summed E-state index contributed by atoms with van der Waals surface area (Å²) in [6.07, 6.45) is 7.58. The van der Waals surface area contributed by atoms with Crippen molar-refractivity contribution in [3.05, 3.63) is 84.5 Å². The molecule has 35 heavy (non-hydrogen) atoms. The van der Waals surface area contributed by atoms with Gasteiger partial charge in [0.05, 0.1) is 11.7 Å². The fraction of sp³-hybridized carbons (Fsp3) is 0.269. The standard InChI is InChI=1S/C26H26FN7O/c1-32(2)26-28-15-22(18-7-5-9-20(27)13-18)24(31-26)23-11-3-4-12-34(23)25(35)19-8-6-10-21(14-19)33-16-29-30-17-33/h5-10,13-17,23H,3-4,11-12H2,1-2H3/t23-/m1/s1. The predicted molar refractivity (Wildman–Crippen MR) is 131 cm³/mol. The van der Waals surface area contributed by atoms with Gasteiger partial charge in [0.1, 0.15) is 18.5 Å². The number of nitrogens with zero attached hydrogens (tertiary/aromatic N) is 7. The van der Waals surface area contributed by atoms with E-state index in [-0.39, 0.29) is 17.8 Å². The van der Waals surface area contributed by atoms with Crippen LogP contribution in [0.1, 0.15) is 41.4 Å². The first kappa shape index (κ1) is 22.6. The number of benzene rings is 2. The van der Waals surface area contributed by atoms with Gasteiger partial charge in [-0.1, -0.05) is 18.2 Å². The summed E-state index contributed by atoms with van der Waals surface area (Å²) >= 11 is 0. The first-order valence-corrected chi connectivity index (χ1v) is 11.6. The van der Waals surface area contributed by atoms with Crippen molar-refractivity contribution in [1.29, 1.82) is 0 Å². The Hall–Kier alpha value is -4.14. The maximum atomic E-state index is 14.1. The van der Waals surface area contributed by atoms with E-state index in [0.29, 0.717) is 23.6 Å². The number of amides is 1. The number of aromatic nitrogens is 5. The van der Waals surface area contributed by atoms with Crippen molar-refractivity contribution >= 4 is 11.9 Å². The molecule has 0 N–H and O–H groups in total. The molecular weight excluding hydrogens is 445 g/mol. The number of hydrogen-bond donors (Lipinski definition) is 0. The van der Waals surface area contributed by atoms with Crippen LogP contribution in [0.4, 0.5) is 10.3 Å². The molecule has 2 aromatic heterocycles. The number of piperidine rings is 1. The van der Waals surface area contributed by atoms with Gasteiger partial charge in [0.2, 0.25) is 5.95 Å². The Labute approximate surface area is 203 Å². The lowest BCUT2D eigenvalue weighted by molar-refractivity contribution is 0.0606. The van der Waals surface area contributed by atoms with Crippen molar-refractivity contribution in [3.8, 4) is 16.8 Å². The summed E-state index contributed by atoms with van der Waals surface area (Å²) in [5.74, 6) is 0.153. The van der Waals surface area contributed by atoms with Crippen LogP contribution < -0.4 is 4.90 Å². The molecule has 1 saturated heterocycles. The van der Waals surface area contributed by atoms with E-state index < -0.39 is 0 Å². The summed E-state index contributed by atoms with van der Waals surface area (Å²) < 4.78 is 15.9. The van der Waals surface area contributed by atoms with Gasteiger partial charge >= 0.3 is 0 Å². The molecule has 5 rings (SSSR count). The minimum Gasteiger partial charge on any atom is -0.347 e. The molecule has 1 amide bonds. The van der Waals surface area contributed by atoms with Gasteiger partial charge in [0.15, 0.2) is 0 Å². The van der Waals surface area contributed by atoms with Gasteiger partial charge in [-0.05, 0) is 55.2 Å². The number of carbonyl (C=O) groups excluding carboxylic acids is 1. The van der Waals surface area contributed by atoms with E-state index in [4.69, 9.17) is 4.98 Å². The number of rotatable bonds is 5. The summed E-state index contributed by atoms with van der Waals surface area (Å²) in [7, 11) is 3.75. The third kappa shape index (κ3) is 4.62. The summed E-state index contributed by atoms with van der Waals surface area (Å²) in [6, 6.07) is 13.6.